The number of methoxy groups -OCH3 is 1. The molecule has 1 heterocycles. The summed E-state index contributed by atoms with van der Waals surface area (Å²) >= 11 is 0. The summed E-state index contributed by atoms with van der Waals surface area (Å²) in [4.78, 5) is 14.9. The van der Waals surface area contributed by atoms with Crippen molar-refractivity contribution in [2.45, 2.75) is 51.0 Å². The highest BCUT2D eigenvalue weighted by Crippen LogP contribution is 2.30. The Labute approximate surface area is 157 Å². The molecule has 1 aliphatic heterocycles. The summed E-state index contributed by atoms with van der Waals surface area (Å²) in [5, 5.41) is 3.09. The van der Waals surface area contributed by atoms with Gasteiger partial charge in [-0.25, -0.2) is 0 Å². The number of fused-ring (bicyclic) bond motifs is 1. The summed E-state index contributed by atoms with van der Waals surface area (Å²) in [6.07, 6.45) is 8.46. The molecule has 1 saturated carbocycles. The van der Waals surface area contributed by atoms with Crippen molar-refractivity contribution in [2.24, 2.45) is 5.92 Å². The highest BCUT2D eigenvalue weighted by molar-refractivity contribution is 5.79. The number of carbonyl (C=O) groups excluding carboxylic acids is 1. The zero-order valence-electron chi connectivity index (χ0n) is 16.1. The molecule has 5 heteroatoms. The van der Waals surface area contributed by atoms with Crippen LogP contribution in [-0.2, 0) is 11.2 Å². The maximum absolute atomic E-state index is 12.5. The Hall–Kier alpha value is -1.75. The van der Waals surface area contributed by atoms with E-state index in [0.717, 1.165) is 42.6 Å². The van der Waals surface area contributed by atoms with E-state index in [2.05, 4.69) is 17.3 Å². The molecule has 0 bridgehead atoms. The summed E-state index contributed by atoms with van der Waals surface area (Å²) in [6.45, 7) is 2.23. The van der Waals surface area contributed by atoms with Gasteiger partial charge in [0.15, 0.2) is 0 Å². The van der Waals surface area contributed by atoms with Crippen LogP contribution in [0.4, 0.5) is 0 Å². The molecule has 1 aromatic carbocycles. The Kier molecular flexibility index (Phi) is 6.78. The first kappa shape index (κ1) is 19.0. The van der Waals surface area contributed by atoms with Crippen LogP contribution in [-0.4, -0.2) is 50.7 Å². The highest BCUT2D eigenvalue weighted by atomic mass is 16.5. The molecule has 0 aromatic heterocycles. The number of nitrogens with zero attached hydrogens (tertiary/aromatic N) is 1. The van der Waals surface area contributed by atoms with Crippen molar-refractivity contribution in [1.29, 1.82) is 0 Å². The van der Waals surface area contributed by atoms with Crippen molar-refractivity contribution in [3.8, 4) is 11.5 Å². The van der Waals surface area contributed by atoms with Gasteiger partial charge in [-0.05, 0) is 63.0 Å². The lowest BCUT2D eigenvalue weighted by atomic mass is 9.94. The van der Waals surface area contributed by atoms with E-state index in [9.17, 15) is 4.79 Å². The van der Waals surface area contributed by atoms with Crippen LogP contribution in [0.3, 0.4) is 0 Å². The lowest BCUT2D eigenvalue weighted by molar-refractivity contribution is -0.126. The molecular weight excluding hydrogens is 328 g/mol. The van der Waals surface area contributed by atoms with Crippen molar-refractivity contribution < 1.29 is 14.3 Å². The molecule has 1 atom stereocenters. The van der Waals surface area contributed by atoms with Gasteiger partial charge in [0.05, 0.1) is 13.0 Å². The molecule has 3 rings (SSSR count). The summed E-state index contributed by atoms with van der Waals surface area (Å²) in [5.74, 6) is 1.65. The predicted octanol–water partition coefficient (Wildman–Crippen LogP) is 3.02. The average molecular weight is 360 g/mol. The molecule has 144 valence electrons. The van der Waals surface area contributed by atoms with Gasteiger partial charge in [0.25, 0.3) is 0 Å². The van der Waals surface area contributed by atoms with E-state index in [1.807, 2.05) is 18.2 Å². The van der Waals surface area contributed by atoms with Crippen LogP contribution in [0.15, 0.2) is 18.2 Å². The number of rotatable bonds is 7. The van der Waals surface area contributed by atoms with E-state index in [4.69, 9.17) is 9.47 Å². The fraction of sp³-hybridized carbons (Fsp3) is 0.667. The molecule has 2 aliphatic rings. The number of hydrogen-bond acceptors (Lipinski definition) is 4. The van der Waals surface area contributed by atoms with Gasteiger partial charge in [-0.1, -0.05) is 19.3 Å². The molecule has 1 aromatic rings. The van der Waals surface area contributed by atoms with Gasteiger partial charge in [0.1, 0.15) is 18.1 Å². The molecule has 1 amide bonds. The molecule has 5 nitrogen and oxygen atoms in total. The van der Waals surface area contributed by atoms with Crippen LogP contribution in [0.5, 0.6) is 11.5 Å². The summed E-state index contributed by atoms with van der Waals surface area (Å²) in [7, 11) is 3.87. The Morgan fingerprint density at radius 1 is 1.31 bits per heavy atom. The number of benzene rings is 1. The Balaban J connectivity index is 1.39. The number of ether oxygens (including phenoxy) is 2. The summed E-state index contributed by atoms with van der Waals surface area (Å²) < 4.78 is 11.0. The Bertz CT molecular complexity index is 599. The summed E-state index contributed by atoms with van der Waals surface area (Å²) in [5.41, 5.74) is 1.05. The van der Waals surface area contributed by atoms with Gasteiger partial charge in [-0.3, -0.25) is 4.79 Å². The third kappa shape index (κ3) is 4.91. The normalized spacial score (nSPS) is 20.3. The Morgan fingerprint density at radius 3 is 2.88 bits per heavy atom. The number of nitrogens with one attached hydrogen (secondary N) is 1. The number of amides is 1. The maximum atomic E-state index is 12.5. The number of hydrogen-bond donors (Lipinski definition) is 1. The fourth-order valence-electron chi connectivity index (χ4n) is 4.06. The van der Waals surface area contributed by atoms with Gasteiger partial charge < -0.3 is 19.7 Å². The zero-order chi connectivity index (χ0) is 18.4. The minimum Gasteiger partial charge on any atom is -0.497 e. The predicted molar refractivity (Wildman–Crippen MR) is 103 cm³/mol. The van der Waals surface area contributed by atoms with Crippen LogP contribution < -0.4 is 14.8 Å². The van der Waals surface area contributed by atoms with E-state index in [1.54, 1.807) is 7.11 Å². The van der Waals surface area contributed by atoms with Crippen molar-refractivity contribution >= 4 is 5.91 Å². The van der Waals surface area contributed by atoms with Crippen LogP contribution in [0.25, 0.3) is 0 Å². The molecule has 26 heavy (non-hydrogen) atoms. The van der Waals surface area contributed by atoms with E-state index in [1.165, 1.54) is 32.1 Å². The second-order valence-electron chi connectivity index (χ2n) is 7.60. The van der Waals surface area contributed by atoms with Gasteiger partial charge in [0.2, 0.25) is 5.91 Å². The molecular formula is C21H32N2O3. The second-order valence-corrected chi connectivity index (χ2v) is 7.60. The first-order chi connectivity index (χ1) is 12.7. The Morgan fingerprint density at radius 2 is 2.12 bits per heavy atom. The van der Waals surface area contributed by atoms with Gasteiger partial charge in [-0.2, -0.15) is 0 Å². The standard InChI is InChI=1S/C21H32N2O3/c1-23(18-7-4-3-5-8-18)12-6-11-22-21(24)17-13-16-14-19(25-2)9-10-20(16)26-15-17/h9-10,14,17-18H,3-8,11-13,15H2,1-2H3,(H,22,24)/t17-/m0/s1. The SMILES string of the molecule is COc1ccc2c(c1)C[C@H](C(=O)NCCCN(C)C1CCCCC1)CO2. The van der Waals surface area contributed by atoms with E-state index < -0.39 is 0 Å². The third-order valence-corrected chi connectivity index (χ3v) is 5.73. The highest BCUT2D eigenvalue weighted by Gasteiger charge is 2.26. The molecule has 0 spiro atoms. The monoisotopic (exact) mass is 360 g/mol. The third-order valence-electron chi connectivity index (χ3n) is 5.73. The van der Waals surface area contributed by atoms with E-state index in [-0.39, 0.29) is 11.8 Å². The lowest BCUT2D eigenvalue weighted by Crippen LogP contribution is -2.39. The second kappa shape index (κ2) is 9.26. The minimum atomic E-state index is -0.120. The first-order valence-electron chi connectivity index (χ1n) is 9.95. The van der Waals surface area contributed by atoms with Crippen molar-refractivity contribution in [3.05, 3.63) is 23.8 Å². The van der Waals surface area contributed by atoms with Crippen LogP contribution in [0.1, 0.15) is 44.1 Å². The van der Waals surface area contributed by atoms with E-state index >= 15 is 0 Å². The van der Waals surface area contributed by atoms with Crippen molar-refractivity contribution in [3.63, 3.8) is 0 Å². The quantitative estimate of drug-likeness (QED) is 0.760. The van der Waals surface area contributed by atoms with Gasteiger partial charge >= 0.3 is 0 Å². The van der Waals surface area contributed by atoms with Gasteiger partial charge in [-0.15, -0.1) is 0 Å². The van der Waals surface area contributed by atoms with Gasteiger partial charge in [0, 0.05) is 12.6 Å². The molecule has 1 N–H and O–H groups in total. The largest absolute Gasteiger partial charge is 0.497 e. The smallest absolute Gasteiger partial charge is 0.226 e. The van der Waals surface area contributed by atoms with E-state index in [0.29, 0.717) is 13.0 Å². The zero-order valence-corrected chi connectivity index (χ0v) is 16.1. The fourth-order valence-corrected chi connectivity index (χ4v) is 4.06. The van der Waals surface area contributed by atoms with Crippen molar-refractivity contribution in [1.82, 2.24) is 10.2 Å². The van der Waals surface area contributed by atoms with Crippen LogP contribution >= 0.6 is 0 Å². The molecule has 1 fully saturated rings. The molecule has 0 unspecified atom stereocenters. The maximum Gasteiger partial charge on any atom is 0.226 e. The molecule has 0 saturated heterocycles. The van der Waals surface area contributed by atoms with Crippen LogP contribution in [0.2, 0.25) is 0 Å². The number of carbonyl (C=O) groups is 1. The minimum absolute atomic E-state index is 0.0961. The lowest BCUT2D eigenvalue weighted by Gasteiger charge is -2.31. The topological polar surface area (TPSA) is 50.8 Å². The molecule has 0 radical (unpaired) electrons. The first-order valence-corrected chi connectivity index (χ1v) is 9.95. The van der Waals surface area contributed by atoms with Crippen molar-refractivity contribution in [2.75, 3.05) is 33.9 Å². The van der Waals surface area contributed by atoms with Crippen LogP contribution in [0, 0.1) is 5.92 Å². The summed E-state index contributed by atoms with van der Waals surface area (Å²) in [6, 6.07) is 6.51. The molecule has 1 aliphatic carbocycles. The average Bonchev–Trinajstić information content (AvgIpc) is 2.70.